The molecule has 0 aromatic heterocycles. The molecule has 19 heavy (non-hydrogen) atoms. The highest BCUT2D eigenvalue weighted by atomic mass is 32.2. The molecule has 0 aromatic carbocycles. The molecule has 1 unspecified atom stereocenters. The van der Waals surface area contributed by atoms with E-state index in [1.807, 2.05) is 0 Å². The number of nitrogens with zero attached hydrogens (tertiary/aromatic N) is 2. The lowest BCUT2D eigenvalue weighted by Crippen LogP contribution is -2.49. The molecule has 2 heterocycles. The highest BCUT2D eigenvalue weighted by molar-refractivity contribution is 7.88. The second-order valence-corrected chi connectivity index (χ2v) is 7.71. The van der Waals surface area contributed by atoms with Gasteiger partial charge in [-0.15, -0.1) is 0 Å². The molecule has 2 aliphatic heterocycles. The first-order chi connectivity index (χ1) is 9.07. The Kier molecular flexibility index (Phi) is 5.62. The molecular weight excluding hydrogens is 262 g/mol. The van der Waals surface area contributed by atoms with Crippen molar-refractivity contribution in [1.29, 1.82) is 0 Å². The third kappa shape index (κ3) is 4.70. The predicted octanol–water partition coefficient (Wildman–Crippen LogP) is 0.486. The van der Waals surface area contributed by atoms with E-state index >= 15 is 0 Å². The monoisotopic (exact) mass is 289 g/mol. The number of rotatable bonds is 6. The van der Waals surface area contributed by atoms with Crippen LogP contribution in [0.25, 0.3) is 0 Å². The maximum absolute atomic E-state index is 11.9. The number of piperidine rings is 1. The molecule has 0 aromatic rings. The SMILES string of the molecule is CS(=O)(=O)N(CCCN1CCCC1)C1CCCNC1. The van der Waals surface area contributed by atoms with Gasteiger partial charge < -0.3 is 10.2 Å². The fourth-order valence-electron chi connectivity index (χ4n) is 3.15. The van der Waals surface area contributed by atoms with Gasteiger partial charge in [0.15, 0.2) is 0 Å². The normalized spacial score (nSPS) is 26.1. The molecule has 0 bridgehead atoms. The summed E-state index contributed by atoms with van der Waals surface area (Å²) < 4.78 is 25.6. The van der Waals surface area contributed by atoms with Gasteiger partial charge in [0.05, 0.1) is 6.26 Å². The Morgan fingerprint density at radius 2 is 2.00 bits per heavy atom. The molecule has 0 aliphatic carbocycles. The summed E-state index contributed by atoms with van der Waals surface area (Å²) in [5.41, 5.74) is 0. The van der Waals surface area contributed by atoms with E-state index in [-0.39, 0.29) is 6.04 Å². The van der Waals surface area contributed by atoms with Crippen LogP contribution in [-0.2, 0) is 10.0 Å². The van der Waals surface area contributed by atoms with Crippen LogP contribution in [0.1, 0.15) is 32.1 Å². The zero-order chi connectivity index (χ0) is 13.7. The van der Waals surface area contributed by atoms with Crippen LogP contribution in [0.15, 0.2) is 0 Å². The standard InChI is InChI=1S/C13H27N3O2S/c1-19(17,18)16(13-6-4-7-14-12-13)11-5-10-15-8-2-3-9-15/h13-14H,2-12H2,1H3. The number of likely N-dealkylation sites (tertiary alicyclic amines) is 1. The van der Waals surface area contributed by atoms with Crippen LogP contribution in [0.4, 0.5) is 0 Å². The van der Waals surface area contributed by atoms with Crippen molar-refractivity contribution >= 4 is 10.0 Å². The van der Waals surface area contributed by atoms with Crippen molar-refractivity contribution in [1.82, 2.24) is 14.5 Å². The summed E-state index contributed by atoms with van der Waals surface area (Å²) in [5, 5.41) is 3.30. The lowest BCUT2D eigenvalue weighted by molar-refractivity contribution is 0.247. The molecule has 2 fully saturated rings. The Morgan fingerprint density at radius 1 is 1.26 bits per heavy atom. The van der Waals surface area contributed by atoms with Crippen molar-refractivity contribution in [3.05, 3.63) is 0 Å². The summed E-state index contributed by atoms with van der Waals surface area (Å²) in [7, 11) is -3.09. The van der Waals surface area contributed by atoms with Crippen LogP contribution in [0.2, 0.25) is 0 Å². The molecule has 2 aliphatic rings. The molecule has 2 saturated heterocycles. The minimum atomic E-state index is -3.09. The van der Waals surface area contributed by atoms with Crippen LogP contribution >= 0.6 is 0 Å². The topological polar surface area (TPSA) is 52.7 Å². The average Bonchev–Trinajstić information content (AvgIpc) is 2.87. The molecule has 0 radical (unpaired) electrons. The van der Waals surface area contributed by atoms with Crippen molar-refractivity contribution in [2.24, 2.45) is 0 Å². The Balaban J connectivity index is 1.83. The predicted molar refractivity (Wildman–Crippen MR) is 77.7 cm³/mol. The quantitative estimate of drug-likeness (QED) is 0.773. The molecule has 0 amide bonds. The van der Waals surface area contributed by atoms with E-state index in [1.165, 1.54) is 32.2 Å². The Hall–Kier alpha value is -0.170. The van der Waals surface area contributed by atoms with E-state index in [0.717, 1.165) is 38.9 Å². The van der Waals surface area contributed by atoms with E-state index in [9.17, 15) is 8.42 Å². The highest BCUT2D eigenvalue weighted by Gasteiger charge is 2.27. The minimum Gasteiger partial charge on any atom is -0.315 e. The van der Waals surface area contributed by atoms with Gasteiger partial charge in [-0.2, -0.15) is 4.31 Å². The second kappa shape index (κ2) is 7.02. The van der Waals surface area contributed by atoms with Gasteiger partial charge in [0.25, 0.3) is 0 Å². The Bertz CT molecular complexity index is 360. The Labute approximate surface area is 117 Å². The highest BCUT2D eigenvalue weighted by Crippen LogP contribution is 2.15. The number of hydrogen-bond donors (Lipinski definition) is 1. The van der Waals surface area contributed by atoms with Crippen molar-refractivity contribution in [2.45, 2.75) is 38.1 Å². The van der Waals surface area contributed by atoms with Crippen molar-refractivity contribution in [3.63, 3.8) is 0 Å². The molecule has 5 nitrogen and oxygen atoms in total. The third-order valence-corrected chi connectivity index (χ3v) is 5.49. The molecule has 0 saturated carbocycles. The number of hydrogen-bond acceptors (Lipinski definition) is 4. The van der Waals surface area contributed by atoms with Crippen LogP contribution < -0.4 is 5.32 Å². The van der Waals surface area contributed by atoms with Crippen molar-refractivity contribution < 1.29 is 8.42 Å². The molecule has 112 valence electrons. The third-order valence-electron chi connectivity index (χ3n) is 4.16. The maximum Gasteiger partial charge on any atom is 0.211 e. The lowest BCUT2D eigenvalue weighted by Gasteiger charge is -2.33. The van der Waals surface area contributed by atoms with Crippen LogP contribution in [-0.4, -0.2) is 69.2 Å². The van der Waals surface area contributed by atoms with Gasteiger partial charge in [0, 0.05) is 19.1 Å². The van der Waals surface area contributed by atoms with Gasteiger partial charge in [-0.25, -0.2) is 8.42 Å². The first-order valence-corrected chi connectivity index (χ1v) is 9.32. The summed E-state index contributed by atoms with van der Waals surface area (Å²) in [5.74, 6) is 0. The summed E-state index contributed by atoms with van der Waals surface area (Å²) in [6, 6.07) is 0.155. The fraction of sp³-hybridized carbons (Fsp3) is 1.00. The van der Waals surface area contributed by atoms with E-state index in [2.05, 4.69) is 10.2 Å². The molecule has 6 heteroatoms. The van der Waals surface area contributed by atoms with E-state index in [4.69, 9.17) is 0 Å². The maximum atomic E-state index is 11.9. The summed E-state index contributed by atoms with van der Waals surface area (Å²) in [6.07, 6.45) is 6.94. The summed E-state index contributed by atoms with van der Waals surface area (Å²) in [4.78, 5) is 2.44. The average molecular weight is 289 g/mol. The lowest BCUT2D eigenvalue weighted by atomic mass is 10.1. The van der Waals surface area contributed by atoms with Gasteiger partial charge in [0.1, 0.15) is 0 Å². The molecule has 0 spiro atoms. The molecule has 1 N–H and O–H groups in total. The van der Waals surface area contributed by atoms with Gasteiger partial charge in [0.2, 0.25) is 10.0 Å². The largest absolute Gasteiger partial charge is 0.315 e. The van der Waals surface area contributed by atoms with E-state index in [0.29, 0.717) is 6.54 Å². The van der Waals surface area contributed by atoms with Gasteiger partial charge >= 0.3 is 0 Å². The van der Waals surface area contributed by atoms with Crippen molar-refractivity contribution in [2.75, 3.05) is 45.5 Å². The minimum absolute atomic E-state index is 0.155. The molecular formula is C13H27N3O2S. The van der Waals surface area contributed by atoms with Gasteiger partial charge in [-0.05, 0) is 58.3 Å². The summed E-state index contributed by atoms with van der Waals surface area (Å²) >= 11 is 0. The first kappa shape index (κ1) is 15.2. The van der Waals surface area contributed by atoms with Gasteiger partial charge in [-0.1, -0.05) is 0 Å². The van der Waals surface area contributed by atoms with E-state index < -0.39 is 10.0 Å². The fourth-order valence-corrected chi connectivity index (χ4v) is 4.34. The molecule has 1 atom stereocenters. The zero-order valence-corrected chi connectivity index (χ0v) is 12.8. The van der Waals surface area contributed by atoms with Gasteiger partial charge in [-0.3, -0.25) is 0 Å². The van der Waals surface area contributed by atoms with Crippen LogP contribution in [0, 0.1) is 0 Å². The van der Waals surface area contributed by atoms with Crippen molar-refractivity contribution in [3.8, 4) is 0 Å². The summed E-state index contributed by atoms with van der Waals surface area (Å²) in [6.45, 7) is 5.89. The van der Waals surface area contributed by atoms with Crippen LogP contribution in [0.3, 0.4) is 0 Å². The number of nitrogens with one attached hydrogen (secondary N) is 1. The van der Waals surface area contributed by atoms with E-state index in [1.54, 1.807) is 4.31 Å². The smallest absolute Gasteiger partial charge is 0.211 e. The Morgan fingerprint density at radius 3 is 2.58 bits per heavy atom. The zero-order valence-electron chi connectivity index (χ0n) is 12.0. The first-order valence-electron chi connectivity index (χ1n) is 7.47. The number of sulfonamides is 1. The second-order valence-electron chi connectivity index (χ2n) is 5.78. The van der Waals surface area contributed by atoms with Crippen LogP contribution in [0.5, 0.6) is 0 Å². The molecule has 2 rings (SSSR count).